The third-order valence-electron chi connectivity index (χ3n) is 4.92. The molecule has 0 aliphatic heterocycles. The normalized spacial score (nSPS) is 13.1. The number of carbonyl (C=O) groups is 2. The van der Waals surface area contributed by atoms with Gasteiger partial charge in [-0.1, -0.05) is 25.8 Å². The minimum Gasteiger partial charge on any atom is -0.494 e. The second-order valence-electron chi connectivity index (χ2n) is 7.28. The Kier molecular flexibility index (Phi) is 6.69. The van der Waals surface area contributed by atoms with Gasteiger partial charge in [-0.05, 0) is 68.1 Å². The second-order valence-corrected chi connectivity index (χ2v) is 7.28. The van der Waals surface area contributed by atoms with Crippen LogP contribution < -0.4 is 15.4 Å². The van der Waals surface area contributed by atoms with Crippen molar-refractivity contribution in [2.24, 2.45) is 5.92 Å². The Hall–Kier alpha value is -2.82. The van der Waals surface area contributed by atoms with Crippen molar-refractivity contribution in [1.82, 2.24) is 0 Å². The fourth-order valence-electron chi connectivity index (χ4n) is 2.93. The second kappa shape index (κ2) is 9.40. The summed E-state index contributed by atoms with van der Waals surface area (Å²) in [5, 5.41) is 5.89. The number of hydrogen-bond acceptors (Lipinski definition) is 3. The molecule has 28 heavy (non-hydrogen) atoms. The van der Waals surface area contributed by atoms with Crippen molar-refractivity contribution in [2.75, 3.05) is 17.2 Å². The summed E-state index contributed by atoms with van der Waals surface area (Å²) < 4.78 is 5.69. The van der Waals surface area contributed by atoms with Gasteiger partial charge >= 0.3 is 0 Å². The minimum atomic E-state index is -0.189. The molecule has 2 amide bonds. The highest BCUT2D eigenvalue weighted by Gasteiger charge is 2.29. The maximum atomic E-state index is 12.6. The van der Waals surface area contributed by atoms with Gasteiger partial charge in [0, 0.05) is 22.9 Å². The SMILES string of the molecule is CCCCCOc1ccc(C(=O)Nc2cccc(NC(=O)C3CC3)c2C)cc1. The van der Waals surface area contributed by atoms with E-state index < -0.39 is 0 Å². The zero-order valence-electron chi connectivity index (χ0n) is 16.6. The van der Waals surface area contributed by atoms with Crippen LogP contribution in [0.15, 0.2) is 42.5 Å². The summed E-state index contributed by atoms with van der Waals surface area (Å²) in [5.74, 6) is 0.779. The number of benzene rings is 2. The number of carbonyl (C=O) groups excluding carboxylic acids is 2. The van der Waals surface area contributed by atoms with Crippen molar-refractivity contribution >= 4 is 23.2 Å². The fraction of sp³-hybridized carbons (Fsp3) is 0.391. The van der Waals surface area contributed by atoms with Crippen molar-refractivity contribution in [1.29, 1.82) is 0 Å². The third-order valence-corrected chi connectivity index (χ3v) is 4.92. The van der Waals surface area contributed by atoms with Crippen LogP contribution in [-0.4, -0.2) is 18.4 Å². The lowest BCUT2D eigenvalue weighted by molar-refractivity contribution is -0.117. The lowest BCUT2D eigenvalue weighted by atomic mass is 10.1. The first kappa shape index (κ1) is 19.9. The number of anilines is 2. The Morgan fingerprint density at radius 3 is 2.32 bits per heavy atom. The third kappa shape index (κ3) is 5.35. The highest BCUT2D eigenvalue weighted by Crippen LogP contribution is 2.31. The van der Waals surface area contributed by atoms with Crippen LogP contribution in [-0.2, 0) is 4.79 Å². The highest BCUT2D eigenvalue weighted by atomic mass is 16.5. The molecule has 5 heteroatoms. The number of ether oxygens (including phenoxy) is 1. The van der Waals surface area contributed by atoms with Crippen LogP contribution in [0.3, 0.4) is 0 Å². The van der Waals surface area contributed by atoms with E-state index in [4.69, 9.17) is 4.74 Å². The molecule has 1 saturated carbocycles. The molecule has 3 rings (SSSR count). The molecule has 148 valence electrons. The summed E-state index contributed by atoms with van der Waals surface area (Å²) in [4.78, 5) is 24.6. The number of hydrogen-bond donors (Lipinski definition) is 2. The van der Waals surface area contributed by atoms with Crippen LogP contribution in [0.1, 0.15) is 54.9 Å². The van der Waals surface area contributed by atoms with E-state index in [-0.39, 0.29) is 17.7 Å². The van der Waals surface area contributed by atoms with Gasteiger partial charge in [0.05, 0.1) is 6.61 Å². The van der Waals surface area contributed by atoms with Crippen molar-refractivity contribution in [3.8, 4) is 5.75 Å². The van der Waals surface area contributed by atoms with Gasteiger partial charge in [-0.25, -0.2) is 0 Å². The number of rotatable bonds is 9. The standard InChI is InChI=1S/C23H28N2O3/c1-3-4-5-15-28-19-13-11-18(12-14-19)23(27)25-21-8-6-7-20(16(21)2)24-22(26)17-9-10-17/h6-8,11-14,17H,3-5,9-10,15H2,1-2H3,(H,24,26)(H,25,27). The van der Waals surface area contributed by atoms with Gasteiger partial charge in [0.25, 0.3) is 5.91 Å². The molecule has 0 unspecified atom stereocenters. The molecule has 2 aromatic carbocycles. The number of amides is 2. The molecule has 1 aliphatic carbocycles. The molecular weight excluding hydrogens is 352 g/mol. The lowest BCUT2D eigenvalue weighted by Gasteiger charge is -2.13. The summed E-state index contributed by atoms with van der Waals surface area (Å²) in [6.07, 6.45) is 5.26. The topological polar surface area (TPSA) is 67.4 Å². The Morgan fingerprint density at radius 2 is 1.68 bits per heavy atom. The van der Waals surface area contributed by atoms with E-state index in [1.54, 1.807) is 12.1 Å². The maximum absolute atomic E-state index is 12.6. The Balaban J connectivity index is 1.60. The number of nitrogens with one attached hydrogen (secondary N) is 2. The summed E-state index contributed by atoms with van der Waals surface area (Å²) in [6, 6.07) is 12.7. The Bertz CT molecular complexity index is 826. The van der Waals surface area contributed by atoms with Crippen molar-refractivity contribution in [2.45, 2.75) is 46.0 Å². The zero-order chi connectivity index (χ0) is 19.9. The first-order valence-electron chi connectivity index (χ1n) is 10.0. The number of unbranched alkanes of at least 4 members (excludes halogenated alkanes) is 2. The summed E-state index contributed by atoms with van der Waals surface area (Å²) in [5.41, 5.74) is 2.84. The van der Waals surface area contributed by atoms with Gasteiger partial charge < -0.3 is 15.4 Å². The molecule has 0 aromatic heterocycles. The average molecular weight is 380 g/mol. The van der Waals surface area contributed by atoms with Crippen LogP contribution in [0.25, 0.3) is 0 Å². The first-order valence-corrected chi connectivity index (χ1v) is 10.0. The molecule has 2 aromatic rings. The lowest BCUT2D eigenvalue weighted by Crippen LogP contribution is -2.16. The molecule has 5 nitrogen and oxygen atoms in total. The van der Waals surface area contributed by atoms with Crippen LogP contribution >= 0.6 is 0 Å². The van der Waals surface area contributed by atoms with Crippen LogP contribution in [0, 0.1) is 12.8 Å². The van der Waals surface area contributed by atoms with Gasteiger partial charge in [-0.3, -0.25) is 9.59 Å². The van der Waals surface area contributed by atoms with Crippen molar-refractivity contribution in [3.63, 3.8) is 0 Å². The molecule has 0 atom stereocenters. The van der Waals surface area contributed by atoms with E-state index in [2.05, 4.69) is 17.6 Å². The maximum Gasteiger partial charge on any atom is 0.255 e. The molecule has 1 fully saturated rings. The quantitative estimate of drug-likeness (QED) is 0.590. The predicted octanol–water partition coefficient (Wildman–Crippen LogP) is 5.16. The molecule has 2 N–H and O–H groups in total. The van der Waals surface area contributed by atoms with E-state index in [9.17, 15) is 9.59 Å². The van der Waals surface area contributed by atoms with E-state index in [0.29, 0.717) is 17.9 Å². The molecule has 0 radical (unpaired) electrons. The Morgan fingerprint density at radius 1 is 1.00 bits per heavy atom. The molecule has 0 heterocycles. The molecule has 0 spiro atoms. The van der Waals surface area contributed by atoms with E-state index >= 15 is 0 Å². The average Bonchev–Trinajstić information content (AvgIpc) is 3.54. The van der Waals surface area contributed by atoms with E-state index in [1.807, 2.05) is 37.3 Å². The highest BCUT2D eigenvalue weighted by molar-refractivity contribution is 6.05. The molecule has 0 bridgehead atoms. The van der Waals surface area contributed by atoms with Gasteiger partial charge in [-0.2, -0.15) is 0 Å². The largest absolute Gasteiger partial charge is 0.494 e. The molecule has 1 aliphatic rings. The van der Waals surface area contributed by atoms with Crippen LogP contribution in [0.2, 0.25) is 0 Å². The summed E-state index contributed by atoms with van der Waals surface area (Å²) in [7, 11) is 0. The van der Waals surface area contributed by atoms with Crippen LogP contribution in [0.4, 0.5) is 11.4 Å². The Labute approximate surface area is 166 Å². The van der Waals surface area contributed by atoms with Gasteiger partial charge in [0.1, 0.15) is 5.75 Å². The van der Waals surface area contributed by atoms with Crippen LogP contribution in [0.5, 0.6) is 5.75 Å². The fourth-order valence-corrected chi connectivity index (χ4v) is 2.93. The van der Waals surface area contributed by atoms with Gasteiger partial charge in [0.2, 0.25) is 5.91 Å². The smallest absolute Gasteiger partial charge is 0.255 e. The van der Waals surface area contributed by atoms with Gasteiger partial charge in [0.15, 0.2) is 0 Å². The summed E-state index contributed by atoms with van der Waals surface area (Å²) >= 11 is 0. The zero-order valence-corrected chi connectivity index (χ0v) is 16.6. The monoisotopic (exact) mass is 380 g/mol. The van der Waals surface area contributed by atoms with E-state index in [1.165, 1.54) is 0 Å². The van der Waals surface area contributed by atoms with E-state index in [0.717, 1.165) is 49.1 Å². The molecular formula is C23H28N2O3. The summed E-state index contributed by atoms with van der Waals surface area (Å²) in [6.45, 7) is 4.75. The van der Waals surface area contributed by atoms with Gasteiger partial charge in [-0.15, -0.1) is 0 Å². The predicted molar refractivity (Wildman–Crippen MR) is 112 cm³/mol. The first-order chi connectivity index (χ1) is 13.6. The molecule has 0 saturated heterocycles. The minimum absolute atomic E-state index is 0.0566. The van der Waals surface area contributed by atoms with Crippen molar-refractivity contribution in [3.05, 3.63) is 53.6 Å². The van der Waals surface area contributed by atoms with Crippen molar-refractivity contribution < 1.29 is 14.3 Å².